The van der Waals surface area contributed by atoms with E-state index in [2.05, 4.69) is 20.0 Å². The molecule has 0 fully saturated rings. The Morgan fingerprint density at radius 1 is 1.41 bits per heavy atom. The first-order valence-corrected chi connectivity index (χ1v) is 4.95. The zero-order valence-corrected chi connectivity index (χ0v) is 9.16. The third-order valence-corrected chi connectivity index (χ3v) is 1.84. The molecule has 1 atom stereocenters. The van der Waals surface area contributed by atoms with Gasteiger partial charge in [-0.15, -0.1) is 13.2 Å². The molecule has 0 bridgehead atoms. The van der Waals surface area contributed by atoms with Gasteiger partial charge in [-0.05, 0) is 19.9 Å². The average molecular weight is 250 g/mol. The van der Waals surface area contributed by atoms with Gasteiger partial charge in [0.1, 0.15) is 5.82 Å². The number of aromatic nitrogens is 2. The first-order valence-electron chi connectivity index (χ1n) is 4.95. The zero-order chi connectivity index (χ0) is 12.9. The molecule has 8 heteroatoms. The Hall–Kier alpha value is -1.57. The Morgan fingerprint density at radius 2 is 2.12 bits per heavy atom. The van der Waals surface area contributed by atoms with Crippen molar-refractivity contribution in [2.75, 3.05) is 11.9 Å². The summed E-state index contributed by atoms with van der Waals surface area (Å²) in [6.07, 6.45) is -1.95. The van der Waals surface area contributed by atoms with E-state index in [-0.39, 0.29) is 6.04 Å². The first kappa shape index (κ1) is 13.5. The summed E-state index contributed by atoms with van der Waals surface area (Å²) in [5, 5.41) is 2.94. The number of halogens is 3. The lowest BCUT2D eigenvalue weighted by Gasteiger charge is -2.13. The standard InChI is InChI=1S/C9H13F3N4O/c1-6(2-3-13)16-7-4-15-8(5-14-7)17-9(10,11)12/h4-6H,2-3,13H2,1H3,(H,14,16). The van der Waals surface area contributed by atoms with Crippen LogP contribution < -0.4 is 15.8 Å². The molecule has 0 spiro atoms. The van der Waals surface area contributed by atoms with Crippen LogP contribution in [-0.2, 0) is 0 Å². The fraction of sp³-hybridized carbons (Fsp3) is 0.556. The summed E-state index contributed by atoms with van der Waals surface area (Å²) >= 11 is 0. The maximum Gasteiger partial charge on any atom is 0.574 e. The Labute approximate surface area is 96.2 Å². The second kappa shape index (κ2) is 5.67. The van der Waals surface area contributed by atoms with Gasteiger partial charge in [0, 0.05) is 6.04 Å². The Balaban J connectivity index is 2.56. The number of nitrogens with one attached hydrogen (secondary N) is 1. The molecule has 1 aromatic rings. The highest BCUT2D eigenvalue weighted by Crippen LogP contribution is 2.20. The number of anilines is 1. The average Bonchev–Trinajstić information content (AvgIpc) is 2.19. The van der Waals surface area contributed by atoms with Crippen molar-refractivity contribution in [2.24, 2.45) is 5.73 Å². The van der Waals surface area contributed by atoms with Gasteiger partial charge >= 0.3 is 6.36 Å². The molecule has 0 aliphatic heterocycles. The molecule has 96 valence electrons. The van der Waals surface area contributed by atoms with Gasteiger partial charge in [-0.3, -0.25) is 0 Å². The lowest BCUT2D eigenvalue weighted by atomic mass is 10.2. The topological polar surface area (TPSA) is 73.1 Å². The highest BCUT2D eigenvalue weighted by Gasteiger charge is 2.31. The molecule has 0 aliphatic carbocycles. The van der Waals surface area contributed by atoms with Crippen LogP contribution in [0.15, 0.2) is 12.4 Å². The molecule has 5 nitrogen and oxygen atoms in total. The third-order valence-electron chi connectivity index (χ3n) is 1.84. The molecule has 0 aromatic carbocycles. The summed E-state index contributed by atoms with van der Waals surface area (Å²) < 4.78 is 39.1. The van der Waals surface area contributed by atoms with Gasteiger partial charge < -0.3 is 15.8 Å². The largest absolute Gasteiger partial charge is 0.574 e. The Morgan fingerprint density at radius 3 is 2.59 bits per heavy atom. The number of ether oxygens (including phenoxy) is 1. The van der Waals surface area contributed by atoms with Crippen LogP contribution in [0, 0.1) is 0 Å². The first-order chi connectivity index (χ1) is 7.90. The van der Waals surface area contributed by atoms with Gasteiger partial charge in [-0.2, -0.15) is 0 Å². The van der Waals surface area contributed by atoms with E-state index in [9.17, 15) is 13.2 Å². The summed E-state index contributed by atoms with van der Waals surface area (Å²) in [4.78, 5) is 7.22. The van der Waals surface area contributed by atoms with E-state index in [1.165, 1.54) is 6.20 Å². The van der Waals surface area contributed by atoms with E-state index in [0.29, 0.717) is 12.4 Å². The summed E-state index contributed by atoms with van der Waals surface area (Å²) in [5.41, 5.74) is 5.36. The van der Waals surface area contributed by atoms with Crippen molar-refractivity contribution >= 4 is 5.82 Å². The number of nitrogens with two attached hydrogens (primary N) is 1. The molecule has 1 heterocycles. The quantitative estimate of drug-likeness (QED) is 0.829. The Bertz CT molecular complexity index is 341. The van der Waals surface area contributed by atoms with Gasteiger partial charge in [0.2, 0.25) is 5.88 Å². The molecule has 1 rings (SSSR count). The molecule has 0 saturated heterocycles. The minimum absolute atomic E-state index is 0.0729. The van der Waals surface area contributed by atoms with Crippen LogP contribution >= 0.6 is 0 Å². The second-order valence-corrected chi connectivity index (χ2v) is 3.41. The Kier molecular flexibility index (Phi) is 4.50. The van der Waals surface area contributed by atoms with Gasteiger partial charge in [-0.1, -0.05) is 0 Å². The number of hydrogen-bond donors (Lipinski definition) is 2. The van der Waals surface area contributed by atoms with Crippen molar-refractivity contribution in [1.29, 1.82) is 0 Å². The van der Waals surface area contributed by atoms with Gasteiger partial charge in [0.15, 0.2) is 0 Å². The van der Waals surface area contributed by atoms with Crippen molar-refractivity contribution < 1.29 is 17.9 Å². The molecule has 0 aliphatic rings. The van der Waals surface area contributed by atoms with Crippen LogP contribution in [0.1, 0.15) is 13.3 Å². The van der Waals surface area contributed by atoms with Crippen LogP contribution in [0.25, 0.3) is 0 Å². The number of rotatable bonds is 5. The zero-order valence-electron chi connectivity index (χ0n) is 9.16. The van der Waals surface area contributed by atoms with Gasteiger partial charge in [0.25, 0.3) is 0 Å². The fourth-order valence-corrected chi connectivity index (χ4v) is 1.14. The van der Waals surface area contributed by atoms with E-state index in [1.807, 2.05) is 6.92 Å². The van der Waals surface area contributed by atoms with Crippen LogP contribution in [0.5, 0.6) is 5.88 Å². The SMILES string of the molecule is CC(CCN)Nc1cnc(OC(F)(F)F)cn1. The van der Waals surface area contributed by atoms with Crippen molar-refractivity contribution in [2.45, 2.75) is 25.7 Å². The molecule has 1 unspecified atom stereocenters. The second-order valence-electron chi connectivity index (χ2n) is 3.41. The van der Waals surface area contributed by atoms with Crippen molar-refractivity contribution in [1.82, 2.24) is 9.97 Å². The molecule has 17 heavy (non-hydrogen) atoms. The van der Waals surface area contributed by atoms with E-state index < -0.39 is 12.2 Å². The van der Waals surface area contributed by atoms with E-state index >= 15 is 0 Å². The maximum absolute atomic E-state index is 11.8. The fourth-order valence-electron chi connectivity index (χ4n) is 1.14. The molecular formula is C9H13F3N4O. The van der Waals surface area contributed by atoms with Crippen molar-refractivity contribution in [3.63, 3.8) is 0 Å². The van der Waals surface area contributed by atoms with Gasteiger partial charge in [-0.25, -0.2) is 9.97 Å². The predicted molar refractivity (Wildman–Crippen MR) is 55.5 cm³/mol. The van der Waals surface area contributed by atoms with Crippen molar-refractivity contribution in [3.05, 3.63) is 12.4 Å². The third kappa shape index (κ3) is 5.34. The summed E-state index contributed by atoms with van der Waals surface area (Å²) in [5.74, 6) is -0.213. The van der Waals surface area contributed by atoms with Crippen LogP contribution in [0.4, 0.5) is 19.0 Å². The van der Waals surface area contributed by atoms with Crippen molar-refractivity contribution in [3.8, 4) is 5.88 Å². The highest BCUT2D eigenvalue weighted by atomic mass is 19.4. The minimum atomic E-state index is -4.75. The molecular weight excluding hydrogens is 237 g/mol. The van der Waals surface area contributed by atoms with Crippen LogP contribution in [-0.4, -0.2) is 28.9 Å². The molecule has 0 saturated carbocycles. The highest BCUT2D eigenvalue weighted by molar-refractivity contribution is 5.33. The number of nitrogens with zero attached hydrogens (tertiary/aromatic N) is 2. The summed E-state index contributed by atoms with van der Waals surface area (Å²) in [6, 6.07) is 0.0729. The number of hydrogen-bond acceptors (Lipinski definition) is 5. The summed E-state index contributed by atoms with van der Waals surface area (Å²) in [7, 11) is 0. The normalized spacial score (nSPS) is 13.2. The van der Waals surface area contributed by atoms with Gasteiger partial charge in [0.05, 0.1) is 12.4 Å². The molecule has 0 amide bonds. The van der Waals surface area contributed by atoms with E-state index in [1.54, 1.807) is 0 Å². The smallest absolute Gasteiger partial charge is 0.386 e. The monoisotopic (exact) mass is 250 g/mol. The number of alkyl halides is 3. The van der Waals surface area contributed by atoms with E-state index in [0.717, 1.165) is 12.6 Å². The lowest BCUT2D eigenvalue weighted by molar-refractivity contribution is -0.276. The van der Waals surface area contributed by atoms with E-state index in [4.69, 9.17) is 5.73 Å². The lowest BCUT2D eigenvalue weighted by Crippen LogP contribution is -2.21. The van der Waals surface area contributed by atoms with Crippen LogP contribution in [0.2, 0.25) is 0 Å². The molecule has 0 radical (unpaired) electrons. The van der Waals surface area contributed by atoms with Crippen LogP contribution in [0.3, 0.4) is 0 Å². The summed E-state index contributed by atoms with van der Waals surface area (Å²) in [6.45, 7) is 2.39. The minimum Gasteiger partial charge on any atom is -0.386 e. The molecule has 3 N–H and O–H groups in total. The molecule has 1 aromatic heterocycles. The predicted octanol–water partition coefficient (Wildman–Crippen LogP) is 1.52. The maximum atomic E-state index is 11.8.